The van der Waals surface area contributed by atoms with E-state index in [4.69, 9.17) is 5.73 Å². The van der Waals surface area contributed by atoms with E-state index in [1.54, 1.807) is 0 Å². The first-order valence-corrected chi connectivity index (χ1v) is 4.65. The van der Waals surface area contributed by atoms with Crippen molar-refractivity contribution in [1.29, 1.82) is 0 Å². The molecule has 3 N–H and O–H groups in total. The van der Waals surface area contributed by atoms with Crippen LogP contribution in [0.1, 0.15) is 18.9 Å². The molecular weight excluding hydrogens is 205 g/mol. The monoisotopic (exact) mass is 218 g/mol. The van der Waals surface area contributed by atoms with Gasteiger partial charge in [-0.15, -0.1) is 0 Å². The Morgan fingerprint density at radius 3 is 2.47 bits per heavy atom. The van der Waals surface area contributed by atoms with Crippen LogP contribution in [0.4, 0.5) is 24.5 Å². The van der Waals surface area contributed by atoms with Gasteiger partial charge in [0.1, 0.15) is 0 Å². The Bertz CT molecular complexity index is 334. The Morgan fingerprint density at radius 2 is 2.00 bits per heavy atom. The second kappa shape index (κ2) is 4.42. The molecule has 84 valence electrons. The van der Waals surface area contributed by atoms with Crippen molar-refractivity contribution in [2.75, 3.05) is 17.6 Å². The molecule has 0 aliphatic heterocycles. The van der Waals surface area contributed by atoms with Gasteiger partial charge in [-0.3, -0.25) is 0 Å². The quantitative estimate of drug-likeness (QED) is 0.765. The third-order valence-electron chi connectivity index (χ3n) is 1.94. The highest BCUT2D eigenvalue weighted by atomic mass is 19.4. The molecule has 1 aromatic carbocycles. The molecular formula is C10H13F3N2. The second-order valence-electron chi connectivity index (χ2n) is 3.23. The average Bonchev–Trinajstić information content (AvgIpc) is 2.14. The van der Waals surface area contributed by atoms with Crippen LogP contribution in [-0.2, 0) is 6.18 Å². The van der Waals surface area contributed by atoms with E-state index in [0.29, 0.717) is 12.2 Å². The summed E-state index contributed by atoms with van der Waals surface area (Å²) < 4.78 is 36.8. The van der Waals surface area contributed by atoms with Crippen LogP contribution in [-0.4, -0.2) is 6.54 Å². The van der Waals surface area contributed by atoms with Crippen LogP contribution < -0.4 is 11.1 Å². The van der Waals surface area contributed by atoms with Gasteiger partial charge < -0.3 is 11.1 Å². The van der Waals surface area contributed by atoms with Gasteiger partial charge in [0, 0.05) is 6.54 Å². The number of rotatable bonds is 3. The van der Waals surface area contributed by atoms with Gasteiger partial charge in [-0.2, -0.15) is 13.2 Å². The summed E-state index contributed by atoms with van der Waals surface area (Å²) >= 11 is 0. The zero-order chi connectivity index (χ0) is 11.5. The zero-order valence-corrected chi connectivity index (χ0v) is 8.36. The lowest BCUT2D eigenvalue weighted by Crippen LogP contribution is -2.08. The number of alkyl halides is 3. The lowest BCUT2D eigenvalue weighted by Gasteiger charge is -2.11. The molecule has 2 nitrogen and oxygen atoms in total. The van der Waals surface area contributed by atoms with E-state index in [-0.39, 0.29) is 5.69 Å². The summed E-state index contributed by atoms with van der Waals surface area (Å²) in [6.07, 6.45) is -3.45. The average molecular weight is 218 g/mol. The molecule has 0 aliphatic rings. The number of benzene rings is 1. The van der Waals surface area contributed by atoms with Crippen molar-refractivity contribution in [3.05, 3.63) is 23.8 Å². The molecule has 15 heavy (non-hydrogen) atoms. The van der Waals surface area contributed by atoms with Gasteiger partial charge in [-0.05, 0) is 24.6 Å². The highest BCUT2D eigenvalue weighted by Crippen LogP contribution is 2.32. The highest BCUT2D eigenvalue weighted by Gasteiger charge is 2.30. The fraction of sp³-hybridized carbons (Fsp3) is 0.400. The number of nitrogen functional groups attached to an aromatic ring is 1. The topological polar surface area (TPSA) is 38.0 Å². The standard InChI is InChI=1S/C10H13F3N2/c1-2-5-15-9-4-3-7(6-8(9)14)10(11,12)13/h3-4,6,15H,2,5,14H2,1H3. The molecule has 0 aliphatic carbocycles. The Hall–Kier alpha value is -1.39. The van der Waals surface area contributed by atoms with Crippen LogP contribution in [0, 0.1) is 0 Å². The molecule has 0 spiro atoms. The fourth-order valence-corrected chi connectivity index (χ4v) is 1.16. The van der Waals surface area contributed by atoms with Gasteiger partial charge >= 0.3 is 6.18 Å². The van der Waals surface area contributed by atoms with Crippen molar-refractivity contribution in [3.63, 3.8) is 0 Å². The van der Waals surface area contributed by atoms with Crippen LogP contribution in [0.3, 0.4) is 0 Å². The van der Waals surface area contributed by atoms with Gasteiger partial charge in [0.2, 0.25) is 0 Å². The van der Waals surface area contributed by atoms with E-state index in [1.807, 2.05) is 6.92 Å². The summed E-state index contributed by atoms with van der Waals surface area (Å²) in [6, 6.07) is 3.32. The summed E-state index contributed by atoms with van der Waals surface area (Å²) in [7, 11) is 0. The molecule has 0 radical (unpaired) electrons. The molecule has 1 rings (SSSR count). The summed E-state index contributed by atoms with van der Waals surface area (Å²) in [5, 5.41) is 2.95. The Kier molecular flexibility index (Phi) is 3.44. The van der Waals surface area contributed by atoms with Gasteiger partial charge in [0.15, 0.2) is 0 Å². The third kappa shape index (κ3) is 3.04. The van der Waals surface area contributed by atoms with E-state index >= 15 is 0 Å². The number of anilines is 2. The number of nitrogens with two attached hydrogens (primary N) is 1. The molecule has 0 bridgehead atoms. The second-order valence-corrected chi connectivity index (χ2v) is 3.23. The minimum atomic E-state index is -4.34. The van der Waals surface area contributed by atoms with E-state index in [9.17, 15) is 13.2 Å². The first kappa shape index (κ1) is 11.7. The molecule has 0 saturated carbocycles. The maximum Gasteiger partial charge on any atom is 0.416 e. The first-order chi connectivity index (χ1) is 6.95. The lowest BCUT2D eigenvalue weighted by atomic mass is 10.1. The van der Waals surface area contributed by atoms with Crippen molar-refractivity contribution in [2.45, 2.75) is 19.5 Å². The molecule has 0 unspecified atom stereocenters. The number of halogens is 3. The summed E-state index contributed by atoms with van der Waals surface area (Å²) in [4.78, 5) is 0. The number of hydrogen-bond acceptors (Lipinski definition) is 2. The third-order valence-corrected chi connectivity index (χ3v) is 1.94. The van der Waals surface area contributed by atoms with E-state index in [0.717, 1.165) is 18.6 Å². The smallest absolute Gasteiger partial charge is 0.397 e. The first-order valence-electron chi connectivity index (χ1n) is 4.65. The van der Waals surface area contributed by atoms with Gasteiger partial charge in [0.25, 0.3) is 0 Å². The Balaban J connectivity index is 2.88. The maximum atomic E-state index is 12.3. The Morgan fingerprint density at radius 1 is 1.33 bits per heavy atom. The molecule has 0 saturated heterocycles. The van der Waals surface area contributed by atoms with Crippen molar-refractivity contribution in [1.82, 2.24) is 0 Å². The highest BCUT2D eigenvalue weighted by molar-refractivity contribution is 5.67. The van der Waals surface area contributed by atoms with Gasteiger partial charge in [0.05, 0.1) is 16.9 Å². The zero-order valence-electron chi connectivity index (χ0n) is 8.36. The number of hydrogen-bond donors (Lipinski definition) is 2. The SMILES string of the molecule is CCCNc1ccc(C(F)(F)F)cc1N. The van der Waals surface area contributed by atoms with Crippen molar-refractivity contribution in [2.24, 2.45) is 0 Å². The number of nitrogens with one attached hydrogen (secondary N) is 1. The predicted octanol–water partition coefficient (Wildman–Crippen LogP) is 3.11. The Labute approximate surface area is 86.3 Å². The largest absolute Gasteiger partial charge is 0.416 e. The van der Waals surface area contributed by atoms with Crippen molar-refractivity contribution >= 4 is 11.4 Å². The predicted molar refractivity (Wildman–Crippen MR) is 54.6 cm³/mol. The van der Waals surface area contributed by atoms with Crippen molar-refractivity contribution in [3.8, 4) is 0 Å². The van der Waals surface area contributed by atoms with E-state index in [2.05, 4.69) is 5.32 Å². The normalized spacial score (nSPS) is 11.5. The van der Waals surface area contributed by atoms with Crippen LogP contribution >= 0.6 is 0 Å². The molecule has 0 aromatic heterocycles. The van der Waals surface area contributed by atoms with Crippen LogP contribution in [0.25, 0.3) is 0 Å². The van der Waals surface area contributed by atoms with Crippen LogP contribution in [0.2, 0.25) is 0 Å². The van der Waals surface area contributed by atoms with E-state index in [1.165, 1.54) is 6.07 Å². The summed E-state index contributed by atoms with van der Waals surface area (Å²) in [5.41, 5.74) is 5.45. The molecule has 0 atom stereocenters. The molecule has 0 heterocycles. The fourth-order valence-electron chi connectivity index (χ4n) is 1.16. The summed E-state index contributed by atoms with van der Waals surface area (Å²) in [6.45, 7) is 2.66. The summed E-state index contributed by atoms with van der Waals surface area (Å²) in [5.74, 6) is 0. The molecule has 5 heteroatoms. The minimum Gasteiger partial charge on any atom is -0.397 e. The maximum absolute atomic E-state index is 12.3. The molecule has 1 aromatic rings. The van der Waals surface area contributed by atoms with Crippen LogP contribution in [0.15, 0.2) is 18.2 Å². The van der Waals surface area contributed by atoms with Gasteiger partial charge in [-0.25, -0.2) is 0 Å². The molecule has 0 fully saturated rings. The lowest BCUT2D eigenvalue weighted by molar-refractivity contribution is -0.137. The van der Waals surface area contributed by atoms with Gasteiger partial charge in [-0.1, -0.05) is 6.92 Å². The van der Waals surface area contributed by atoms with Crippen molar-refractivity contribution < 1.29 is 13.2 Å². The van der Waals surface area contributed by atoms with Crippen LogP contribution in [0.5, 0.6) is 0 Å². The minimum absolute atomic E-state index is 0.123. The van der Waals surface area contributed by atoms with E-state index < -0.39 is 11.7 Å². The molecule has 0 amide bonds.